The number of hydrogen-bond acceptors (Lipinski definition) is 6. The fraction of sp³-hybridized carbons (Fsp3) is 0.231. The molecule has 3 rings (SSSR count). The van der Waals surface area contributed by atoms with E-state index >= 15 is 0 Å². The van der Waals surface area contributed by atoms with Crippen molar-refractivity contribution in [3.63, 3.8) is 0 Å². The Bertz CT molecular complexity index is 773. The summed E-state index contributed by atoms with van der Waals surface area (Å²) in [7, 11) is 1.90. The fourth-order valence-corrected chi connectivity index (χ4v) is 2.43. The summed E-state index contributed by atoms with van der Waals surface area (Å²) >= 11 is 1.43. The molecular formula is C13H13N5O2S. The molecule has 0 spiro atoms. The van der Waals surface area contributed by atoms with Crippen molar-refractivity contribution >= 4 is 17.2 Å². The molecule has 0 saturated carbocycles. The summed E-state index contributed by atoms with van der Waals surface area (Å²) < 4.78 is 7.02. The highest BCUT2D eigenvalue weighted by Gasteiger charge is 2.13. The second-order valence-corrected chi connectivity index (χ2v) is 5.51. The van der Waals surface area contributed by atoms with Gasteiger partial charge in [-0.15, -0.1) is 11.3 Å². The van der Waals surface area contributed by atoms with E-state index in [-0.39, 0.29) is 12.5 Å². The van der Waals surface area contributed by atoms with Crippen molar-refractivity contribution < 1.29 is 9.32 Å². The van der Waals surface area contributed by atoms with Gasteiger partial charge in [0.05, 0.1) is 17.2 Å². The molecule has 1 amide bonds. The van der Waals surface area contributed by atoms with Gasteiger partial charge in [0, 0.05) is 18.6 Å². The molecule has 0 aliphatic carbocycles. The molecule has 1 N–H and O–H groups in total. The number of rotatable bonds is 4. The molecule has 8 heteroatoms. The standard InChI is InChI=1S/C13H13N5O2S/c1-8-15-9(7-21-8)13(19)14-6-11-16-12(17-20-11)10-4-3-5-18(10)2/h3-5,7H,6H2,1-2H3,(H,14,19). The van der Waals surface area contributed by atoms with Crippen molar-refractivity contribution in [3.8, 4) is 11.5 Å². The topological polar surface area (TPSA) is 85.8 Å². The van der Waals surface area contributed by atoms with Gasteiger partial charge in [-0.05, 0) is 19.1 Å². The number of nitrogens with one attached hydrogen (secondary N) is 1. The fourth-order valence-electron chi connectivity index (χ4n) is 1.84. The molecule has 0 fully saturated rings. The molecule has 0 atom stereocenters. The molecule has 21 heavy (non-hydrogen) atoms. The zero-order valence-electron chi connectivity index (χ0n) is 11.5. The third-order valence-electron chi connectivity index (χ3n) is 2.89. The summed E-state index contributed by atoms with van der Waals surface area (Å²) in [6, 6.07) is 3.79. The number of carbonyl (C=O) groups is 1. The summed E-state index contributed by atoms with van der Waals surface area (Å²) in [6.45, 7) is 2.03. The van der Waals surface area contributed by atoms with Crippen LogP contribution in [0.1, 0.15) is 21.4 Å². The van der Waals surface area contributed by atoms with Gasteiger partial charge in [-0.2, -0.15) is 4.98 Å². The van der Waals surface area contributed by atoms with E-state index in [4.69, 9.17) is 4.52 Å². The van der Waals surface area contributed by atoms with E-state index < -0.39 is 0 Å². The second kappa shape index (κ2) is 5.49. The molecule has 0 aliphatic rings. The highest BCUT2D eigenvalue weighted by molar-refractivity contribution is 7.09. The molecule has 0 radical (unpaired) electrons. The van der Waals surface area contributed by atoms with E-state index in [1.54, 1.807) is 5.38 Å². The molecule has 3 aromatic rings. The lowest BCUT2D eigenvalue weighted by molar-refractivity contribution is 0.0942. The van der Waals surface area contributed by atoms with Crippen LogP contribution in [0.3, 0.4) is 0 Å². The average molecular weight is 303 g/mol. The van der Waals surface area contributed by atoms with E-state index in [0.29, 0.717) is 17.4 Å². The first kappa shape index (κ1) is 13.5. The maximum absolute atomic E-state index is 11.9. The van der Waals surface area contributed by atoms with E-state index in [1.165, 1.54) is 11.3 Å². The number of hydrogen-bond donors (Lipinski definition) is 1. The molecule has 0 saturated heterocycles. The number of amides is 1. The zero-order valence-corrected chi connectivity index (χ0v) is 12.3. The third kappa shape index (κ3) is 2.84. The van der Waals surface area contributed by atoms with Crippen molar-refractivity contribution in [2.75, 3.05) is 0 Å². The van der Waals surface area contributed by atoms with Gasteiger partial charge in [-0.3, -0.25) is 4.79 Å². The Kier molecular flexibility index (Phi) is 3.53. The van der Waals surface area contributed by atoms with Crippen LogP contribution in [0.25, 0.3) is 11.5 Å². The normalized spacial score (nSPS) is 10.8. The molecule has 3 aromatic heterocycles. The van der Waals surface area contributed by atoms with Crippen molar-refractivity contribution in [1.29, 1.82) is 0 Å². The second-order valence-electron chi connectivity index (χ2n) is 4.45. The van der Waals surface area contributed by atoms with E-state index in [0.717, 1.165) is 10.7 Å². The Hall–Kier alpha value is -2.48. The zero-order chi connectivity index (χ0) is 14.8. The number of aryl methyl sites for hydroxylation is 2. The number of aromatic nitrogens is 4. The number of nitrogens with zero attached hydrogens (tertiary/aromatic N) is 4. The van der Waals surface area contributed by atoms with Gasteiger partial charge >= 0.3 is 0 Å². The minimum Gasteiger partial charge on any atom is -0.348 e. The van der Waals surface area contributed by atoms with Gasteiger partial charge in [-0.25, -0.2) is 4.98 Å². The molecule has 7 nitrogen and oxygen atoms in total. The summed E-state index contributed by atoms with van der Waals surface area (Å²) in [5, 5.41) is 9.17. The number of carbonyl (C=O) groups excluding carboxylic acids is 1. The van der Waals surface area contributed by atoms with Crippen LogP contribution in [-0.2, 0) is 13.6 Å². The first-order valence-corrected chi connectivity index (χ1v) is 7.16. The van der Waals surface area contributed by atoms with Crippen molar-refractivity contribution in [2.45, 2.75) is 13.5 Å². The lowest BCUT2D eigenvalue weighted by Crippen LogP contribution is -2.23. The Balaban J connectivity index is 1.65. The molecule has 108 valence electrons. The van der Waals surface area contributed by atoms with Crippen molar-refractivity contribution in [3.05, 3.63) is 40.3 Å². The minimum absolute atomic E-state index is 0.173. The summed E-state index contributed by atoms with van der Waals surface area (Å²) in [5.74, 6) is 0.598. The maximum atomic E-state index is 11.9. The Morgan fingerprint density at radius 3 is 3.00 bits per heavy atom. The largest absolute Gasteiger partial charge is 0.348 e. The van der Waals surface area contributed by atoms with Crippen LogP contribution < -0.4 is 5.32 Å². The van der Waals surface area contributed by atoms with Crippen molar-refractivity contribution in [2.24, 2.45) is 7.05 Å². The predicted molar refractivity (Wildman–Crippen MR) is 76.7 cm³/mol. The van der Waals surface area contributed by atoms with E-state index in [9.17, 15) is 4.79 Å². The van der Waals surface area contributed by atoms with E-state index in [1.807, 2.05) is 36.9 Å². The first-order valence-electron chi connectivity index (χ1n) is 6.28. The van der Waals surface area contributed by atoms with Crippen LogP contribution in [0.15, 0.2) is 28.2 Å². The summed E-state index contributed by atoms with van der Waals surface area (Å²) in [5.41, 5.74) is 1.26. The predicted octanol–water partition coefficient (Wildman–Crippen LogP) is 1.77. The Morgan fingerprint density at radius 1 is 1.48 bits per heavy atom. The van der Waals surface area contributed by atoms with Crippen LogP contribution in [0.4, 0.5) is 0 Å². The van der Waals surface area contributed by atoms with Gasteiger partial charge in [0.2, 0.25) is 11.7 Å². The molecule has 0 unspecified atom stereocenters. The van der Waals surface area contributed by atoms with Gasteiger partial charge < -0.3 is 14.4 Å². The lowest BCUT2D eigenvalue weighted by atomic mass is 10.4. The summed E-state index contributed by atoms with van der Waals surface area (Å²) in [6.07, 6.45) is 1.90. The molecular weight excluding hydrogens is 290 g/mol. The summed E-state index contributed by atoms with van der Waals surface area (Å²) in [4.78, 5) is 20.2. The van der Waals surface area contributed by atoms with Crippen LogP contribution in [0, 0.1) is 6.92 Å². The molecule has 0 bridgehead atoms. The highest BCUT2D eigenvalue weighted by Crippen LogP contribution is 2.15. The monoisotopic (exact) mass is 303 g/mol. The molecule has 0 aromatic carbocycles. The van der Waals surface area contributed by atoms with Crippen LogP contribution in [0.5, 0.6) is 0 Å². The third-order valence-corrected chi connectivity index (χ3v) is 3.67. The Labute approximate surface area is 124 Å². The Morgan fingerprint density at radius 2 is 2.33 bits per heavy atom. The molecule has 3 heterocycles. The van der Waals surface area contributed by atoms with Gasteiger partial charge in [0.1, 0.15) is 5.69 Å². The average Bonchev–Trinajstić information content (AvgIpc) is 3.16. The van der Waals surface area contributed by atoms with Gasteiger partial charge in [-0.1, -0.05) is 5.16 Å². The first-order chi connectivity index (χ1) is 10.1. The minimum atomic E-state index is -0.252. The van der Waals surface area contributed by atoms with Gasteiger partial charge in [0.25, 0.3) is 5.91 Å². The SMILES string of the molecule is Cc1nc(C(=O)NCc2nc(-c3cccn3C)no2)cs1. The lowest BCUT2D eigenvalue weighted by Gasteiger charge is -1.98. The van der Waals surface area contributed by atoms with E-state index in [2.05, 4.69) is 20.4 Å². The molecule has 0 aliphatic heterocycles. The maximum Gasteiger partial charge on any atom is 0.271 e. The van der Waals surface area contributed by atoms with Crippen LogP contribution in [0.2, 0.25) is 0 Å². The quantitative estimate of drug-likeness (QED) is 0.794. The van der Waals surface area contributed by atoms with Crippen LogP contribution in [-0.4, -0.2) is 25.6 Å². The van der Waals surface area contributed by atoms with Crippen molar-refractivity contribution in [1.82, 2.24) is 25.0 Å². The van der Waals surface area contributed by atoms with Crippen LogP contribution >= 0.6 is 11.3 Å². The van der Waals surface area contributed by atoms with Gasteiger partial charge in [0.15, 0.2) is 0 Å². The smallest absolute Gasteiger partial charge is 0.271 e. The highest BCUT2D eigenvalue weighted by atomic mass is 32.1. The number of thiazole rings is 1.